The van der Waals surface area contributed by atoms with Crippen LogP contribution in [0.3, 0.4) is 0 Å². The Kier molecular flexibility index (Phi) is 3.94. The first-order chi connectivity index (χ1) is 10.7. The van der Waals surface area contributed by atoms with Crippen molar-refractivity contribution in [1.82, 2.24) is 15.0 Å². The highest BCUT2D eigenvalue weighted by molar-refractivity contribution is 7.90. The van der Waals surface area contributed by atoms with Gasteiger partial charge in [0, 0.05) is 24.0 Å². The van der Waals surface area contributed by atoms with Crippen LogP contribution in [-0.4, -0.2) is 46.4 Å². The lowest BCUT2D eigenvalue weighted by Gasteiger charge is -2.27. The van der Waals surface area contributed by atoms with Crippen molar-refractivity contribution in [3.8, 4) is 0 Å². The molecule has 7 nitrogen and oxygen atoms in total. The fourth-order valence-electron chi connectivity index (χ4n) is 2.80. The number of hydrogen-bond acceptors (Lipinski definition) is 7. The van der Waals surface area contributed by atoms with Crippen LogP contribution in [0.2, 0.25) is 5.02 Å². The molecule has 9 heteroatoms. The number of aromatic nitrogens is 3. The SMILES string of the molecule is C[C@@]1(O)CCCC1Nc1ncc(Cl)c2cnc(S(C)(=O)=O)nc12. The van der Waals surface area contributed by atoms with E-state index >= 15 is 0 Å². The molecule has 3 rings (SSSR count). The van der Waals surface area contributed by atoms with E-state index in [0.29, 0.717) is 28.2 Å². The molecule has 124 valence electrons. The zero-order chi connectivity index (χ0) is 16.8. The average molecular weight is 357 g/mol. The number of rotatable bonds is 3. The maximum Gasteiger partial charge on any atom is 0.247 e. The molecule has 2 N–H and O–H groups in total. The topological polar surface area (TPSA) is 105 Å². The monoisotopic (exact) mass is 356 g/mol. The number of hydrogen-bond donors (Lipinski definition) is 2. The molecule has 0 amide bonds. The van der Waals surface area contributed by atoms with E-state index in [4.69, 9.17) is 11.6 Å². The molecule has 23 heavy (non-hydrogen) atoms. The summed E-state index contributed by atoms with van der Waals surface area (Å²) in [5, 5.41) is 14.1. The number of halogens is 1. The van der Waals surface area contributed by atoms with Gasteiger partial charge >= 0.3 is 0 Å². The number of pyridine rings is 1. The quantitative estimate of drug-likeness (QED) is 0.808. The smallest absolute Gasteiger partial charge is 0.247 e. The molecule has 2 aromatic rings. The number of anilines is 1. The third-order valence-electron chi connectivity index (χ3n) is 4.12. The lowest BCUT2D eigenvalue weighted by Crippen LogP contribution is -2.39. The Balaban J connectivity index is 2.11. The van der Waals surface area contributed by atoms with Gasteiger partial charge in [-0.3, -0.25) is 0 Å². The summed E-state index contributed by atoms with van der Waals surface area (Å²) >= 11 is 6.10. The molecular weight excluding hydrogens is 340 g/mol. The molecule has 0 spiro atoms. The summed E-state index contributed by atoms with van der Waals surface area (Å²) in [6.45, 7) is 1.77. The molecule has 1 aliphatic rings. The molecule has 1 aliphatic carbocycles. The largest absolute Gasteiger partial charge is 0.388 e. The van der Waals surface area contributed by atoms with Gasteiger partial charge in [0.1, 0.15) is 5.52 Å². The third-order valence-corrected chi connectivity index (χ3v) is 5.29. The molecule has 2 atom stereocenters. The van der Waals surface area contributed by atoms with Crippen molar-refractivity contribution in [3.05, 3.63) is 17.4 Å². The molecule has 0 aliphatic heterocycles. The Morgan fingerprint density at radius 3 is 2.74 bits per heavy atom. The van der Waals surface area contributed by atoms with Crippen molar-refractivity contribution in [2.45, 2.75) is 43.0 Å². The number of fused-ring (bicyclic) bond motifs is 1. The molecule has 0 aromatic carbocycles. The molecule has 2 heterocycles. The van der Waals surface area contributed by atoms with Crippen LogP contribution in [-0.2, 0) is 9.84 Å². The van der Waals surface area contributed by atoms with Crippen molar-refractivity contribution < 1.29 is 13.5 Å². The fourth-order valence-corrected chi connectivity index (χ4v) is 3.49. The number of nitrogens with one attached hydrogen (secondary N) is 1. The van der Waals surface area contributed by atoms with E-state index in [9.17, 15) is 13.5 Å². The minimum Gasteiger partial charge on any atom is -0.388 e. The highest BCUT2D eigenvalue weighted by Gasteiger charge is 2.37. The Hall–Kier alpha value is -1.51. The lowest BCUT2D eigenvalue weighted by atomic mass is 10.0. The average Bonchev–Trinajstić information content (AvgIpc) is 2.79. The van der Waals surface area contributed by atoms with E-state index in [1.807, 2.05) is 0 Å². The molecule has 0 bridgehead atoms. The van der Waals surface area contributed by atoms with Crippen LogP contribution in [0.15, 0.2) is 17.6 Å². The van der Waals surface area contributed by atoms with Crippen LogP contribution in [0.4, 0.5) is 5.82 Å². The van der Waals surface area contributed by atoms with Crippen LogP contribution >= 0.6 is 11.6 Å². The van der Waals surface area contributed by atoms with E-state index in [-0.39, 0.29) is 11.2 Å². The second-order valence-corrected chi connectivity index (χ2v) is 8.40. The summed E-state index contributed by atoms with van der Waals surface area (Å²) in [4.78, 5) is 12.2. The Morgan fingerprint density at radius 2 is 2.13 bits per heavy atom. The minimum atomic E-state index is -3.54. The molecule has 0 radical (unpaired) electrons. The number of nitrogens with zero attached hydrogens (tertiary/aromatic N) is 3. The highest BCUT2D eigenvalue weighted by atomic mass is 35.5. The van der Waals surface area contributed by atoms with E-state index < -0.39 is 15.4 Å². The van der Waals surface area contributed by atoms with Crippen LogP contribution in [0.5, 0.6) is 0 Å². The molecule has 1 unspecified atom stereocenters. The Bertz CT molecular complexity index is 870. The van der Waals surface area contributed by atoms with E-state index in [1.165, 1.54) is 12.4 Å². The van der Waals surface area contributed by atoms with Gasteiger partial charge in [0.25, 0.3) is 0 Å². The zero-order valence-electron chi connectivity index (χ0n) is 12.7. The molecule has 2 aromatic heterocycles. The van der Waals surface area contributed by atoms with Crippen molar-refractivity contribution in [3.63, 3.8) is 0 Å². The highest BCUT2D eigenvalue weighted by Crippen LogP contribution is 2.34. The van der Waals surface area contributed by atoms with Crippen molar-refractivity contribution in [1.29, 1.82) is 0 Å². The van der Waals surface area contributed by atoms with Gasteiger partial charge < -0.3 is 10.4 Å². The summed E-state index contributed by atoms with van der Waals surface area (Å²) < 4.78 is 23.4. The first-order valence-electron chi connectivity index (χ1n) is 7.19. The molecule has 1 fully saturated rings. The van der Waals surface area contributed by atoms with Crippen molar-refractivity contribution in [2.75, 3.05) is 11.6 Å². The van der Waals surface area contributed by atoms with Gasteiger partial charge in [0.05, 0.1) is 16.7 Å². The molecule has 0 saturated heterocycles. The Labute approximate surface area is 139 Å². The third kappa shape index (κ3) is 3.11. The summed E-state index contributed by atoms with van der Waals surface area (Å²) in [6.07, 6.45) is 6.27. The first-order valence-corrected chi connectivity index (χ1v) is 9.45. The number of sulfone groups is 1. The number of aliphatic hydroxyl groups is 1. The minimum absolute atomic E-state index is 0.184. The van der Waals surface area contributed by atoms with Gasteiger partial charge in [-0.1, -0.05) is 11.6 Å². The van der Waals surface area contributed by atoms with Gasteiger partial charge in [0.15, 0.2) is 5.82 Å². The van der Waals surface area contributed by atoms with Gasteiger partial charge in [-0.25, -0.2) is 23.4 Å². The van der Waals surface area contributed by atoms with Crippen LogP contribution < -0.4 is 5.32 Å². The first kappa shape index (κ1) is 16.4. The summed E-state index contributed by atoms with van der Waals surface area (Å²) in [6, 6.07) is -0.184. The summed E-state index contributed by atoms with van der Waals surface area (Å²) in [7, 11) is -3.54. The van der Waals surface area contributed by atoms with Crippen molar-refractivity contribution >= 4 is 38.2 Å². The van der Waals surface area contributed by atoms with Gasteiger partial charge in [-0.2, -0.15) is 0 Å². The van der Waals surface area contributed by atoms with Gasteiger partial charge in [-0.15, -0.1) is 0 Å². The van der Waals surface area contributed by atoms with Gasteiger partial charge in [0.2, 0.25) is 15.0 Å². The molecule has 1 saturated carbocycles. The maximum absolute atomic E-state index is 11.7. The lowest BCUT2D eigenvalue weighted by molar-refractivity contribution is 0.0578. The van der Waals surface area contributed by atoms with Crippen LogP contribution in [0.1, 0.15) is 26.2 Å². The predicted molar refractivity (Wildman–Crippen MR) is 87.3 cm³/mol. The van der Waals surface area contributed by atoms with Crippen LogP contribution in [0, 0.1) is 0 Å². The summed E-state index contributed by atoms with van der Waals surface area (Å²) in [5.41, 5.74) is -0.518. The zero-order valence-corrected chi connectivity index (χ0v) is 14.3. The fraction of sp³-hybridized carbons (Fsp3) is 0.500. The standard InChI is InChI=1S/C14H17ClN4O3S/c1-14(20)5-3-4-10(14)18-12-11-8(9(15)7-16-12)6-17-13(19-11)23(2,21)22/h6-7,10,20H,3-5H2,1-2H3,(H,16,18)/t10?,14-/m1/s1. The van der Waals surface area contributed by atoms with E-state index in [1.54, 1.807) is 6.92 Å². The predicted octanol–water partition coefficient (Wildman–Crippen LogP) is 1.80. The van der Waals surface area contributed by atoms with E-state index in [0.717, 1.165) is 19.1 Å². The van der Waals surface area contributed by atoms with Crippen molar-refractivity contribution in [2.24, 2.45) is 0 Å². The van der Waals surface area contributed by atoms with Crippen LogP contribution in [0.25, 0.3) is 10.9 Å². The second kappa shape index (κ2) is 5.54. The Morgan fingerprint density at radius 1 is 1.39 bits per heavy atom. The molecular formula is C14H17ClN4O3S. The summed E-state index contributed by atoms with van der Waals surface area (Å²) in [5.74, 6) is 0.392. The maximum atomic E-state index is 11.7. The van der Waals surface area contributed by atoms with Gasteiger partial charge in [-0.05, 0) is 26.2 Å². The van der Waals surface area contributed by atoms with E-state index in [2.05, 4.69) is 20.3 Å². The second-order valence-electron chi connectivity index (χ2n) is 6.09. The normalized spacial score (nSPS) is 25.0.